The fraction of sp³-hybridized carbons (Fsp3) is 0.571. The molecule has 2 aliphatic heterocycles. The second kappa shape index (κ2) is 8.90. The van der Waals surface area contributed by atoms with Crippen LogP contribution in [0.3, 0.4) is 0 Å². The van der Waals surface area contributed by atoms with Crippen molar-refractivity contribution < 1.29 is 9.18 Å². The predicted octanol–water partition coefficient (Wildman–Crippen LogP) is 1.30. The molecule has 1 aromatic carbocycles. The molecule has 0 radical (unpaired) electrons. The first kappa shape index (κ1) is 19.8. The molecule has 2 aliphatic rings. The molecule has 156 valence electrons. The van der Waals surface area contributed by atoms with Gasteiger partial charge in [0.2, 0.25) is 5.91 Å². The summed E-state index contributed by atoms with van der Waals surface area (Å²) in [5.41, 5.74) is 0.864. The Balaban J connectivity index is 1.20. The number of benzene rings is 1. The molecule has 1 saturated heterocycles. The zero-order valence-electron chi connectivity index (χ0n) is 16.7. The summed E-state index contributed by atoms with van der Waals surface area (Å²) >= 11 is 0. The van der Waals surface area contributed by atoms with Crippen molar-refractivity contribution in [2.24, 2.45) is 0 Å². The average molecular weight is 401 g/mol. The Bertz CT molecular complexity index is 897. The van der Waals surface area contributed by atoms with Crippen LogP contribution in [0.5, 0.6) is 0 Å². The van der Waals surface area contributed by atoms with E-state index in [2.05, 4.69) is 10.00 Å². The minimum absolute atomic E-state index is 0.0240. The Kier molecular flexibility index (Phi) is 6.08. The van der Waals surface area contributed by atoms with E-state index in [1.807, 2.05) is 9.47 Å². The van der Waals surface area contributed by atoms with Gasteiger partial charge < -0.3 is 4.90 Å². The number of amides is 1. The zero-order chi connectivity index (χ0) is 20.2. The second-order valence-electron chi connectivity index (χ2n) is 7.91. The highest BCUT2D eigenvalue weighted by molar-refractivity contribution is 5.78. The molecule has 0 aliphatic carbocycles. The molecule has 29 heavy (non-hydrogen) atoms. The van der Waals surface area contributed by atoms with E-state index in [4.69, 9.17) is 0 Å². The fourth-order valence-electron chi connectivity index (χ4n) is 4.15. The lowest BCUT2D eigenvalue weighted by Crippen LogP contribution is -2.49. The Hall–Kier alpha value is -2.48. The van der Waals surface area contributed by atoms with E-state index in [1.165, 1.54) is 12.1 Å². The van der Waals surface area contributed by atoms with Crippen molar-refractivity contribution in [1.29, 1.82) is 0 Å². The summed E-state index contributed by atoms with van der Waals surface area (Å²) < 4.78 is 16.4. The van der Waals surface area contributed by atoms with E-state index < -0.39 is 0 Å². The van der Waals surface area contributed by atoms with Crippen LogP contribution in [-0.2, 0) is 30.7 Å². The van der Waals surface area contributed by atoms with Gasteiger partial charge in [-0.3, -0.25) is 14.3 Å². The summed E-state index contributed by atoms with van der Waals surface area (Å²) in [4.78, 5) is 29.0. The summed E-state index contributed by atoms with van der Waals surface area (Å²) in [6.07, 6.45) is 4.26. The molecule has 0 bridgehead atoms. The smallest absolute Gasteiger partial charge is 0.340 e. The van der Waals surface area contributed by atoms with Crippen molar-refractivity contribution in [3.63, 3.8) is 0 Å². The lowest BCUT2D eigenvalue weighted by Gasteiger charge is -2.34. The predicted molar refractivity (Wildman–Crippen MR) is 107 cm³/mol. The first-order chi connectivity index (χ1) is 14.1. The van der Waals surface area contributed by atoms with Crippen LogP contribution in [0.15, 0.2) is 29.1 Å². The number of hydrogen-bond acceptors (Lipinski definition) is 4. The number of rotatable bonds is 6. The third-order valence-corrected chi connectivity index (χ3v) is 5.87. The summed E-state index contributed by atoms with van der Waals surface area (Å²) in [5.74, 6) is 0.730. The van der Waals surface area contributed by atoms with Gasteiger partial charge in [0.05, 0.1) is 6.42 Å². The number of nitrogens with zero attached hydrogens (tertiary/aromatic N) is 5. The van der Waals surface area contributed by atoms with Gasteiger partial charge in [0.25, 0.3) is 0 Å². The molecular formula is C21H28FN5O2. The summed E-state index contributed by atoms with van der Waals surface area (Å²) in [6.45, 7) is 5.42. The fourth-order valence-corrected chi connectivity index (χ4v) is 4.15. The quantitative estimate of drug-likeness (QED) is 0.732. The van der Waals surface area contributed by atoms with Crippen LogP contribution in [0.4, 0.5) is 4.39 Å². The maximum atomic E-state index is 13.0. The summed E-state index contributed by atoms with van der Waals surface area (Å²) in [5, 5.41) is 4.49. The van der Waals surface area contributed by atoms with Crippen LogP contribution < -0.4 is 5.69 Å². The second-order valence-corrected chi connectivity index (χ2v) is 7.91. The van der Waals surface area contributed by atoms with Crippen LogP contribution in [0.25, 0.3) is 0 Å². The monoisotopic (exact) mass is 401 g/mol. The largest absolute Gasteiger partial charge is 0.345 e. The topological polar surface area (TPSA) is 63.4 Å². The number of piperazine rings is 1. The van der Waals surface area contributed by atoms with E-state index in [0.29, 0.717) is 26.1 Å². The molecule has 8 heteroatoms. The van der Waals surface area contributed by atoms with Gasteiger partial charge in [-0.25, -0.2) is 13.9 Å². The number of carbonyl (C=O) groups excluding carboxylic acids is 1. The molecule has 0 spiro atoms. The van der Waals surface area contributed by atoms with Crippen LogP contribution in [0.1, 0.15) is 30.7 Å². The number of hydrogen-bond donors (Lipinski definition) is 0. The van der Waals surface area contributed by atoms with Gasteiger partial charge in [0.15, 0.2) is 0 Å². The standard InChI is InChI=1S/C21H28FN5O2/c22-18-7-5-17(6-8-18)16-20(28)25-14-12-24(13-15-25)9-3-11-27-21(29)26-10-2-1-4-19(26)23-27/h5-8H,1-4,9-16H2. The Morgan fingerprint density at radius 2 is 1.76 bits per heavy atom. The summed E-state index contributed by atoms with van der Waals surface area (Å²) in [7, 11) is 0. The molecule has 1 amide bonds. The zero-order valence-corrected chi connectivity index (χ0v) is 16.7. The van der Waals surface area contributed by atoms with E-state index in [-0.39, 0.29) is 17.4 Å². The molecular weight excluding hydrogens is 373 g/mol. The average Bonchev–Trinajstić information content (AvgIpc) is 3.06. The molecule has 4 rings (SSSR count). The van der Waals surface area contributed by atoms with Gasteiger partial charge in [-0.2, -0.15) is 5.10 Å². The number of aromatic nitrogens is 3. The Morgan fingerprint density at radius 3 is 2.48 bits per heavy atom. The van der Waals surface area contributed by atoms with Crippen LogP contribution in [0, 0.1) is 5.82 Å². The van der Waals surface area contributed by atoms with Crippen LogP contribution in [0.2, 0.25) is 0 Å². The van der Waals surface area contributed by atoms with Crippen molar-refractivity contribution in [1.82, 2.24) is 24.1 Å². The summed E-state index contributed by atoms with van der Waals surface area (Å²) in [6, 6.07) is 6.11. The minimum atomic E-state index is -0.284. The lowest BCUT2D eigenvalue weighted by molar-refractivity contribution is -0.132. The van der Waals surface area contributed by atoms with Crippen molar-refractivity contribution in [2.45, 2.75) is 45.2 Å². The maximum Gasteiger partial charge on any atom is 0.345 e. The van der Waals surface area contributed by atoms with Crippen molar-refractivity contribution in [3.8, 4) is 0 Å². The molecule has 0 saturated carbocycles. The Labute approximate surface area is 169 Å². The number of fused-ring (bicyclic) bond motifs is 1. The molecule has 2 aromatic rings. The maximum absolute atomic E-state index is 13.0. The minimum Gasteiger partial charge on any atom is -0.340 e. The first-order valence-corrected chi connectivity index (χ1v) is 10.5. The van der Waals surface area contributed by atoms with Crippen LogP contribution >= 0.6 is 0 Å². The van der Waals surface area contributed by atoms with E-state index in [0.717, 1.165) is 63.3 Å². The Morgan fingerprint density at radius 1 is 1.00 bits per heavy atom. The van der Waals surface area contributed by atoms with Gasteiger partial charge >= 0.3 is 5.69 Å². The molecule has 3 heterocycles. The normalized spacial score (nSPS) is 17.3. The van der Waals surface area contributed by atoms with Gasteiger partial charge in [-0.1, -0.05) is 12.1 Å². The number of halogens is 1. The van der Waals surface area contributed by atoms with Gasteiger partial charge in [0.1, 0.15) is 11.6 Å². The highest BCUT2D eigenvalue weighted by atomic mass is 19.1. The first-order valence-electron chi connectivity index (χ1n) is 10.5. The van der Waals surface area contributed by atoms with Gasteiger partial charge in [-0.05, 0) is 37.0 Å². The van der Waals surface area contributed by atoms with Crippen molar-refractivity contribution in [3.05, 3.63) is 52.0 Å². The highest BCUT2D eigenvalue weighted by Gasteiger charge is 2.21. The molecule has 7 nitrogen and oxygen atoms in total. The molecule has 1 fully saturated rings. The van der Waals surface area contributed by atoms with E-state index in [9.17, 15) is 14.0 Å². The third kappa shape index (κ3) is 4.75. The lowest BCUT2D eigenvalue weighted by atomic mass is 10.1. The van der Waals surface area contributed by atoms with Crippen molar-refractivity contribution in [2.75, 3.05) is 32.7 Å². The number of aryl methyl sites for hydroxylation is 2. The number of carbonyl (C=O) groups is 1. The molecule has 0 atom stereocenters. The van der Waals surface area contributed by atoms with E-state index >= 15 is 0 Å². The SMILES string of the molecule is O=C(Cc1ccc(F)cc1)N1CCN(CCCn2nc3n(c2=O)CCCC3)CC1. The van der Waals surface area contributed by atoms with Crippen LogP contribution in [-0.4, -0.2) is 62.8 Å². The molecule has 0 N–H and O–H groups in total. The highest BCUT2D eigenvalue weighted by Crippen LogP contribution is 2.11. The third-order valence-electron chi connectivity index (χ3n) is 5.87. The molecule has 0 unspecified atom stereocenters. The van der Waals surface area contributed by atoms with Crippen molar-refractivity contribution >= 4 is 5.91 Å². The molecule has 1 aromatic heterocycles. The van der Waals surface area contributed by atoms with Gasteiger partial charge in [-0.15, -0.1) is 0 Å². The van der Waals surface area contributed by atoms with E-state index in [1.54, 1.807) is 16.8 Å². The van der Waals surface area contributed by atoms with Gasteiger partial charge in [0, 0.05) is 52.2 Å².